The molecule has 2 aromatic carbocycles. The number of benzene rings is 2. The normalized spacial score (nSPS) is 19.5. The number of piperidine rings is 1. The summed E-state index contributed by atoms with van der Waals surface area (Å²) >= 11 is 0. The van der Waals surface area contributed by atoms with Crippen LogP contribution in [0.15, 0.2) is 54.6 Å². The maximum absolute atomic E-state index is 13.1. The number of aromatic nitrogens is 2. The Morgan fingerprint density at radius 3 is 2.37 bits per heavy atom. The molecule has 35 heavy (non-hydrogen) atoms. The molecule has 1 N–H and O–H groups in total. The van der Waals surface area contributed by atoms with Crippen molar-refractivity contribution in [3.63, 3.8) is 0 Å². The zero-order chi connectivity index (χ0) is 24.4. The van der Waals surface area contributed by atoms with Crippen LogP contribution in [0, 0.1) is 0 Å². The molecular weight excluding hydrogens is 464 g/mol. The van der Waals surface area contributed by atoms with E-state index in [2.05, 4.69) is 15.3 Å². The summed E-state index contributed by atoms with van der Waals surface area (Å²) in [5, 5.41) is 7.50. The van der Waals surface area contributed by atoms with Crippen molar-refractivity contribution in [1.29, 1.82) is 0 Å². The number of amides is 1. The minimum absolute atomic E-state index is 0.0247. The van der Waals surface area contributed by atoms with Crippen LogP contribution in [0.1, 0.15) is 42.2 Å². The number of ether oxygens (including phenoxy) is 1. The van der Waals surface area contributed by atoms with Gasteiger partial charge in [-0.15, -0.1) is 0 Å². The highest BCUT2D eigenvalue weighted by Crippen LogP contribution is 2.31. The maximum Gasteiger partial charge on any atom is 0.276 e. The van der Waals surface area contributed by atoms with Crippen LogP contribution in [0.2, 0.25) is 0 Å². The third kappa shape index (κ3) is 5.19. The monoisotopic (exact) mass is 494 g/mol. The zero-order valence-electron chi connectivity index (χ0n) is 19.8. The first-order chi connectivity index (χ1) is 16.9. The Labute approximate surface area is 205 Å². The topological polar surface area (TPSA) is 93.5 Å². The van der Waals surface area contributed by atoms with Crippen LogP contribution in [-0.2, 0) is 9.84 Å². The molecule has 0 spiro atoms. The minimum atomic E-state index is -3.11. The van der Waals surface area contributed by atoms with Crippen molar-refractivity contribution >= 4 is 27.1 Å². The van der Waals surface area contributed by atoms with Crippen molar-refractivity contribution in [2.75, 3.05) is 41.9 Å². The van der Waals surface area contributed by atoms with Gasteiger partial charge in [0.1, 0.15) is 5.75 Å². The highest BCUT2D eigenvalue weighted by atomic mass is 32.2. The molecule has 0 unspecified atom stereocenters. The van der Waals surface area contributed by atoms with Gasteiger partial charge in [0.05, 0.1) is 30.4 Å². The molecule has 3 aromatic rings. The first kappa shape index (κ1) is 23.4. The number of carbonyl (C=O) groups is 1. The lowest BCUT2D eigenvalue weighted by Crippen LogP contribution is -2.29. The molecule has 2 saturated heterocycles. The summed E-state index contributed by atoms with van der Waals surface area (Å²) in [6.45, 7) is 2.13. The van der Waals surface area contributed by atoms with Crippen LogP contribution >= 0.6 is 0 Å². The van der Waals surface area contributed by atoms with Crippen molar-refractivity contribution in [2.24, 2.45) is 0 Å². The van der Waals surface area contributed by atoms with E-state index in [-0.39, 0.29) is 29.1 Å². The van der Waals surface area contributed by atoms with E-state index in [1.165, 1.54) is 19.3 Å². The second-order valence-electron chi connectivity index (χ2n) is 9.19. The van der Waals surface area contributed by atoms with Crippen LogP contribution in [0.25, 0.3) is 11.3 Å². The summed E-state index contributed by atoms with van der Waals surface area (Å²) < 4.78 is 31.2. The van der Waals surface area contributed by atoms with Gasteiger partial charge in [-0.05, 0) is 80.3 Å². The van der Waals surface area contributed by atoms with Crippen molar-refractivity contribution in [1.82, 2.24) is 9.78 Å². The highest BCUT2D eigenvalue weighted by molar-refractivity contribution is 7.91. The molecule has 0 saturated carbocycles. The fourth-order valence-electron chi connectivity index (χ4n) is 4.83. The summed E-state index contributed by atoms with van der Waals surface area (Å²) in [4.78, 5) is 15.5. The molecule has 1 aromatic heterocycles. The summed E-state index contributed by atoms with van der Waals surface area (Å²) in [7, 11) is -1.51. The van der Waals surface area contributed by atoms with Crippen LogP contribution < -0.4 is 15.0 Å². The Bertz CT molecular complexity index is 1290. The van der Waals surface area contributed by atoms with Gasteiger partial charge in [0.15, 0.2) is 15.5 Å². The number of nitrogens with one attached hydrogen (secondary N) is 1. The lowest BCUT2D eigenvalue weighted by Gasteiger charge is -2.28. The Kier molecular flexibility index (Phi) is 6.51. The van der Waals surface area contributed by atoms with Gasteiger partial charge in [0.25, 0.3) is 5.91 Å². The molecule has 0 radical (unpaired) electrons. The number of nitrogens with zero attached hydrogens (tertiary/aromatic N) is 3. The molecule has 9 heteroatoms. The smallest absolute Gasteiger partial charge is 0.276 e. The number of methoxy groups -OCH3 is 1. The molecule has 0 bridgehead atoms. The average Bonchev–Trinajstić information content (AvgIpc) is 3.48. The Hall–Kier alpha value is -3.33. The Morgan fingerprint density at radius 1 is 1.03 bits per heavy atom. The van der Waals surface area contributed by atoms with Crippen LogP contribution in [0.4, 0.5) is 11.4 Å². The van der Waals surface area contributed by atoms with Gasteiger partial charge >= 0.3 is 0 Å². The van der Waals surface area contributed by atoms with E-state index in [1.807, 2.05) is 48.5 Å². The SMILES string of the molecule is COc1ccc(-c2cc(C(=O)Nc3ccc(N4CCCCC4)cc3)nn2[C@@H]2CCS(=O)(=O)C2)cc1. The zero-order valence-corrected chi connectivity index (χ0v) is 20.6. The lowest BCUT2D eigenvalue weighted by atomic mass is 10.1. The average molecular weight is 495 g/mol. The molecule has 184 valence electrons. The van der Waals surface area contributed by atoms with Gasteiger partial charge < -0.3 is 15.0 Å². The van der Waals surface area contributed by atoms with Gasteiger partial charge in [-0.3, -0.25) is 9.48 Å². The van der Waals surface area contributed by atoms with E-state index in [4.69, 9.17) is 4.74 Å². The highest BCUT2D eigenvalue weighted by Gasteiger charge is 2.32. The first-order valence-electron chi connectivity index (χ1n) is 12.0. The van der Waals surface area contributed by atoms with Crippen molar-refractivity contribution in [2.45, 2.75) is 31.7 Å². The van der Waals surface area contributed by atoms with E-state index in [0.29, 0.717) is 23.6 Å². The molecule has 2 aliphatic heterocycles. The third-order valence-corrected chi connectivity index (χ3v) is 8.51. The second kappa shape index (κ2) is 9.73. The fourth-order valence-corrected chi connectivity index (χ4v) is 6.52. The molecule has 2 aliphatic rings. The molecule has 5 rings (SSSR count). The van der Waals surface area contributed by atoms with Gasteiger partial charge in [0.2, 0.25) is 0 Å². The fraction of sp³-hybridized carbons (Fsp3) is 0.385. The first-order valence-corrected chi connectivity index (χ1v) is 13.8. The standard InChI is InChI=1S/C26H30N4O4S/c1-34-23-11-5-19(6-12-23)25-17-24(28-30(25)22-13-16-35(32,33)18-22)26(31)27-20-7-9-21(10-8-20)29-14-3-2-4-15-29/h5-12,17,22H,2-4,13-16,18H2,1H3,(H,27,31)/t22-/m1/s1. The summed E-state index contributed by atoms with van der Waals surface area (Å²) in [6.07, 6.45) is 4.18. The summed E-state index contributed by atoms with van der Waals surface area (Å²) in [5.74, 6) is 0.542. The van der Waals surface area contributed by atoms with Crippen LogP contribution in [0.3, 0.4) is 0 Å². The Balaban J connectivity index is 1.39. The molecule has 8 nitrogen and oxygen atoms in total. The van der Waals surface area contributed by atoms with Crippen LogP contribution in [0.5, 0.6) is 5.75 Å². The van der Waals surface area contributed by atoms with Crippen molar-refractivity contribution in [3.8, 4) is 17.0 Å². The Morgan fingerprint density at radius 2 is 1.74 bits per heavy atom. The van der Waals surface area contributed by atoms with Crippen molar-refractivity contribution in [3.05, 3.63) is 60.3 Å². The maximum atomic E-state index is 13.1. The van der Waals surface area contributed by atoms with E-state index in [1.54, 1.807) is 17.9 Å². The molecule has 2 fully saturated rings. The van der Waals surface area contributed by atoms with Crippen LogP contribution in [-0.4, -0.2) is 55.8 Å². The number of carbonyl (C=O) groups excluding carboxylic acids is 1. The largest absolute Gasteiger partial charge is 0.497 e. The molecule has 0 aliphatic carbocycles. The minimum Gasteiger partial charge on any atom is -0.497 e. The van der Waals surface area contributed by atoms with Gasteiger partial charge in [-0.2, -0.15) is 5.10 Å². The van der Waals surface area contributed by atoms with E-state index < -0.39 is 9.84 Å². The van der Waals surface area contributed by atoms with E-state index >= 15 is 0 Å². The van der Waals surface area contributed by atoms with Gasteiger partial charge in [-0.25, -0.2) is 8.42 Å². The van der Waals surface area contributed by atoms with Gasteiger partial charge in [-0.1, -0.05) is 0 Å². The van der Waals surface area contributed by atoms with E-state index in [9.17, 15) is 13.2 Å². The van der Waals surface area contributed by atoms with Gasteiger partial charge in [0, 0.05) is 30.0 Å². The lowest BCUT2D eigenvalue weighted by molar-refractivity contribution is 0.102. The number of hydrogen-bond donors (Lipinski definition) is 1. The quantitative estimate of drug-likeness (QED) is 0.553. The predicted octanol–water partition coefficient (Wildman–Crippen LogP) is 4.16. The number of sulfone groups is 1. The second-order valence-corrected chi connectivity index (χ2v) is 11.4. The summed E-state index contributed by atoms with van der Waals surface area (Å²) in [5.41, 5.74) is 3.66. The van der Waals surface area contributed by atoms with Crippen molar-refractivity contribution < 1.29 is 17.9 Å². The summed E-state index contributed by atoms with van der Waals surface area (Å²) in [6, 6.07) is 16.8. The molecular formula is C26H30N4O4S. The molecule has 1 atom stereocenters. The molecule has 3 heterocycles. The predicted molar refractivity (Wildman–Crippen MR) is 137 cm³/mol. The number of rotatable bonds is 6. The third-order valence-electron chi connectivity index (χ3n) is 6.75. The molecule has 1 amide bonds. The number of anilines is 2. The number of hydrogen-bond acceptors (Lipinski definition) is 6. The van der Waals surface area contributed by atoms with E-state index in [0.717, 1.165) is 24.3 Å².